The van der Waals surface area contributed by atoms with Crippen molar-refractivity contribution in [3.05, 3.63) is 30.1 Å². The predicted molar refractivity (Wildman–Crippen MR) is 128 cm³/mol. The molecule has 28 heavy (non-hydrogen) atoms. The van der Waals surface area contributed by atoms with E-state index in [1.807, 2.05) is 24.9 Å². The zero-order chi connectivity index (χ0) is 19.1. The summed E-state index contributed by atoms with van der Waals surface area (Å²) in [4.78, 5) is 6.67. The van der Waals surface area contributed by atoms with Crippen LogP contribution in [0.3, 0.4) is 0 Å². The molecule has 1 aromatic carbocycles. The fraction of sp³-hybridized carbons (Fsp3) is 0.650. The molecule has 2 fully saturated rings. The van der Waals surface area contributed by atoms with Gasteiger partial charge in [-0.05, 0) is 50.1 Å². The summed E-state index contributed by atoms with van der Waals surface area (Å²) in [6, 6.07) is 7.16. The second-order valence-corrected chi connectivity index (χ2v) is 8.61. The van der Waals surface area contributed by atoms with E-state index in [1.54, 1.807) is 12.1 Å². The maximum atomic E-state index is 13.5. The third kappa shape index (κ3) is 6.38. The highest BCUT2D eigenvalue weighted by atomic mass is 127. The topological polar surface area (TPSA) is 48.9 Å². The first kappa shape index (κ1) is 23.5. The minimum Gasteiger partial charge on any atom is -0.381 e. The minimum absolute atomic E-state index is 0. The number of benzene rings is 1. The molecule has 0 aromatic heterocycles. The van der Waals surface area contributed by atoms with Crippen LogP contribution in [0, 0.1) is 5.82 Å². The second-order valence-electron chi connectivity index (χ2n) is 7.33. The van der Waals surface area contributed by atoms with Gasteiger partial charge < -0.3 is 20.3 Å². The molecule has 1 aromatic rings. The van der Waals surface area contributed by atoms with Gasteiger partial charge in [-0.3, -0.25) is 4.99 Å². The summed E-state index contributed by atoms with van der Waals surface area (Å²) >= 11 is 1.92. The molecule has 1 atom stereocenters. The molecule has 8 heteroatoms. The minimum atomic E-state index is -0.182. The fourth-order valence-electron chi connectivity index (χ4n) is 3.83. The predicted octanol–water partition coefficient (Wildman–Crippen LogP) is 3.49. The monoisotopic (exact) mass is 522 g/mol. The normalized spacial score (nSPS) is 22.3. The van der Waals surface area contributed by atoms with E-state index in [0.717, 1.165) is 70.2 Å². The molecule has 2 heterocycles. The summed E-state index contributed by atoms with van der Waals surface area (Å²) in [5.74, 6) is 0.667. The van der Waals surface area contributed by atoms with Crippen LogP contribution in [0.15, 0.2) is 29.3 Å². The summed E-state index contributed by atoms with van der Waals surface area (Å²) in [6.45, 7) is 4.37. The summed E-state index contributed by atoms with van der Waals surface area (Å²) in [7, 11) is 1.82. The molecular formula is C20H32FIN4OS. The van der Waals surface area contributed by atoms with Crippen molar-refractivity contribution < 1.29 is 9.13 Å². The Morgan fingerprint density at radius 3 is 2.86 bits per heavy atom. The van der Waals surface area contributed by atoms with E-state index in [4.69, 9.17) is 4.74 Å². The second kappa shape index (κ2) is 11.4. The van der Waals surface area contributed by atoms with Crippen molar-refractivity contribution in [2.75, 3.05) is 51.1 Å². The van der Waals surface area contributed by atoms with Crippen molar-refractivity contribution in [2.45, 2.75) is 36.5 Å². The largest absolute Gasteiger partial charge is 0.381 e. The number of thioether (sulfide) groups is 1. The van der Waals surface area contributed by atoms with Crippen LogP contribution >= 0.6 is 35.7 Å². The van der Waals surface area contributed by atoms with Crippen LogP contribution < -0.4 is 15.5 Å². The Labute approximate surface area is 189 Å². The van der Waals surface area contributed by atoms with Gasteiger partial charge in [-0.1, -0.05) is 6.07 Å². The van der Waals surface area contributed by atoms with Gasteiger partial charge in [-0.25, -0.2) is 4.39 Å². The van der Waals surface area contributed by atoms with Gasteiger partial charge in [-0.15, -0.1) is 24.0 Å². The van der Waals surface area contributed by atoms with Gasteiger partial charge in [0.25, 0.3) is 0 Å². The third-order valence-corrected chi connectivity index (χ3v) is 6.99. The zero-order valence-electron chi connectivity index (χ0n) is 16.7. The van der Waals surface area contributed by atoms with Crippen LogP contribution in [-0.2, 0) is 4.74 Å². The van der Waals surface area contributed by atoms with E-state index in [1.165, 1.54) is 6.07 Å². The van der Waals surface area contributed by atoms with E-state index >= 15 is 0 Å². The molecule has 2 saturated heterocycles. The number of hydrogen-bond donors (Lipinski definition) is 2. The summed E-state index contributed by atoms with van der Waals surface area (Å²) < 4.78 is 19.3. The van der Waals surface area contributed by atoms with E-state index in [9.17, 15) is 4.39 Å². The van der Waals surface area contributed by atoms with E-state index in [-0.39, 0.29) is 34.5 Å². The van der Waals surface area contributed by atoms with Gasteiger partial charge >= 0.3 is 0 Å². The third-order valence-electron chi connectivity index (χ3n) is 5.57. The molecule has 0 saturated carbocycles. The number of rotatable bonds is 5. The van der Waals surface area contributed by atoms with E-state index < -0.39 is 0 Å². The number of piperidine rings is 1. The zero-order valence-corrected chi connectivity index (χ0v) is 19.9. The smallest absolute Gasteiger partial charge is 0.191 e. The average Bonchev–Trinajstić information content (AvgIpc) is 2.72. The van der Waals surface area contributed by atoms with Crippen LogP contribution in [0.25, 0.3) is 0 Å². The molecule has 2 aliphatic rings. The van der Waals surface area contributed by atoms with Gasteiger partial charge in [0.15, 0.2) is 5.96 Å². The molecule has 158 valence electrons. The number of hydrogen-bond acceptors (Lipinski definition) is 4. The van der Waals surface area contributed by atoms with Crippen LogP contribution in [0.2, 0.25) is 0 Å². The molecule has 5 nitrogen and oxygen atoms in total. The maximum Gasteiger partial charge on any atom is 0.191 e. The van der Waals surface area contributed by atoms with Crippen molar-refractivity contribution in [3.63, 3.8) is 0 Å². The van der Waals surface area contributed by atoms with Gasteiger partial charge in [0.2, 0.25) is 0 Å². The SMILES string of the molecule is CN=C(NCC1(SC)CCOCC1)NC1CCCN(c2cccc(F)c2)C1.I. The summed E-state index contributed by atoms with van der Waals surface area (Å²) in [6.07, 6.45) is 6.48. The Morgan fingerprint density at radius 1 is 1.39 bits per heavy atom. The molecular weight excluding hydrogens is 490 g/mol. The van der Waals surface area contributed by atoms with Crippen molar-refractivity contribution in [2.24, 2.45) is 4.99 Å². The van der Waals surface area contributed by atoms with Crippen molar-refractivity contribution in [1.82, 2.24) is 10.6 Å². The van der Waals surface area contributed by atoms with E-state index in [0.29, 0.717) is 6.04 Å². The van der Waals surface area contributed by atoms with Gasteiger partial charge in [0.1, 0.15) is 5.82 Å². The standard InChI is InChI=1S/C20H31FN4OS.HI/c1-22-19(23-15-20(27-2)8-11-26-12-9-20)24-17-6-4-10-25(14-17)18-7-3-5-16(21)13-18;/h3,5,7,13,17H,4,6,8-12,14-15H2,1-2H3,(H2,22,23,24);1H. The van der Waals surface area contributed by atoms with E-state index in [2.05, 4.69) is 26.8 Å². The Balaban J connectivity index is 0.00000280. The van der Waals surface area contributed by atoms with Crippen LogP contribution in [-0.4, -0.2) is 62.9 Å². The molecule has 0 amide bonds. The first-order chi connectivity index (χ1) is 13.1. The molecule has 0 bridgehead atoms. The summed E-state index contributed by atoms with van der Waals surface area (Å²) in [5, 5.41) is 7.09. The Hall–Kier alpha value is -0.740. The van der Waals surface area contributed by atoms with Crippen molar-refractivity contribution >= 4 is 47.4 Å². The Bertz CT molecular complexity index is 642. The molecule has 3 rings (SSSR count). The number of anilines is 1. The number of aliphatic imine (C=N–C) groups is 1. The number of halogens is 2. The lowest BCUT2D eigenvalue weighted by Crippen LogP contribution is -2.53. The lowest BCUT2D eigenvalue weighted by molar-refractivity contribution is 0.0782. The lowest BCUT2D eigenvalue weighted by atomic mass is 9.99. The number of nitrogens with one attached hydrogen (secondary N) is 2. The molecule has 1 unspecified atom stereocenters. The summed E-state index contributed by atoms with van der Waals surface area (Å²) in [5.41, 5.74) is 0.952. The molecule has 2 aliphatic heterocycles. The Morgan fingerprint density at radius 2 is 2.18 bits per heavy atom. The molecule has 2 N–H and O–H groups in total. The number of guanidine groups is 1. The van der Waals surface area contributed by atoms with Crippen LogP contribution in [0.4, 0.5) is 10.1 Å². The number of nitrogens with zero attached hydrogens (tertiary/aromatic N) is 2. The fourth-order valence-corrected chi connectivity index (χ4v) is 4.62. The molecule has 0 radical (unpaired) electrons. The van der Waals surface area contributed by atoms with Crippen molar-refractivity contribution in [1.29, 1.82) is 0 Å². The van der Waals surface area contributed by atoms with Crippen LogP contribution in [0.1, 0.15) is 25.7 Å². The van der Waals surface area contributed by atoms with Gasteiger partial charge in [-0.2, -0.15) is 11.8 Å². The molecule has 0 aliphatic carbocycles. The first-order valence-corrected chi connectivity index (χ1v) is 11.0. The number of ether oxygens (including phenoxy) is 1. The molecule has 0 spiro atoms. The van der Waals surface area contributed by atoms with Crippen molar-refractivity contribution in [3.8, 4) is 0 Å². The lowest BCUT2D eigenvalue weighted by Gasteiger charge is -2.38. The van der Waals surface area contributed by atoms with Gasteiger partial charge in [0, 0.05) is 56.4 Å². The Kier molecular flexibility index (Phi) is 9.62. The first-order valence-electron chi connectivity index (χ1n) is 9.75. The van der Waals surface area contributed by atoms with Crippen LogP contribution in [0.5, 0.6) is 0 Å². The maximum absolute atomic E-state index is 13.5. The van der Waals surface area contributed by atoms with Gasteiger partial charge in [0.05, 0.1) is 0 Å². The highest BCUT2D eigenvalue weighted by Crippen LogP contribution is 2.33. The average molecular weight is 522 g/mol. The quantitative estimate of drug-likeness (QED) is 0.353. The highest BCUT2D eigenvalue weighted by molar-refractivity contribution is 14.0. The highest BCUT2D eigenvalue weighted by Gasteiger charge is 2.32.